The fraction of sp³-hybridized carbons (Fsp3) is 0.364. The lowest BCUT2D eigenvalue weighted by atomic mass is 10.1. The monoisotopic (exact) mass is 242 g/mol. The Labute approximate surface area is 101 Å². The summed E-state index contributed by atoms with van der Waals surface area (Å²) in [5.74, 6) is 0.662. The van der Waals surface area contributed by atoms with Crippen LogP contribution in [0, 0.1) is 0 Å². The van der Waals surface area contributed by atoms with E-state index >= 15 is 0 Å². The highest BCUT2D eigenvalue weighted by Gasteiger charge is 2.19. The molecule has 0 spiro atoms. The number of hydrogen-bond donors (Lipinski definition) is 2. The first-order chi connectivity index (χ1) is 7.29. The number of ether oxygens (including phenoxy) is 1. The van der Waals surface area contributed by atoms with Gasteiger partial charge in [0.15, 0.2) is 0 Å². The van der Waals surface area contributed by atoms with Crippen LogP contribution in [0.15, 0.2) is 24.3 Å². The highest BCUT2D eigenvalue weighted by molar-refractivity contribution is 5.94. The molecule has 1 amide bonds. The van der Waals surface area contributed by atoms with Crippen LogP contribution in [0.1, 0.15) is 10.4 Å². The molecule has 88 valence electrons. The predicted molar refractivity (Wildman–Crippen MR) is 64.4 cm³/mol. The van der Waals surface area contributed by atoms with Crippen molar-refractivity contribution in [1.82, 2.24) is 10.6 Å². The van der Waals surface area contributed by atoms with Crippen LogP contribution in [0.2, 0.25) is 0 Å². The lowest BCUT2D eigenvalue weighted by molar-refractivity contribution is 0.0923. The average molecular weight is 243 g/mol. The molecule has 16 heavy (non-hydrogen) atoms. The molecule has 0 atom stereocenters. The summed E-state index contributed by atoms with van der Waals surface area (Å²) in [6.07, 6.45) is 0. The van der Waals surface area contributed by atoms with E-state index in [0.29, 0.717) is 11.3 Å². The quantitative estimate of drug-likeness (QED) is 0.825. The zero-order valence-electron chi connectivity index (χ0n) is 9.03. The van der Waals surface area contributed by atoms with E-state index in [-0.39, 0.29) is 24.4 Å². The second kappa shape index (κ2) is 5.72. The fourth-order valence-electron chi connectivity index (χ4n) is 1.42. The van der Waals surface area contributed by atoms with Gasteiger partial charge in [0.2, 0.25) is 0 Å². The molecule has 1 heterocycles. The predicted octanol–water partition coefficient (Wildman–Crippen LogP) is 0.819. The number of rotatable bonds is 3. The Bertz CT molecular complexity index is 367. The van der Waals surface area contributed by atoms with E-state index < -0.39 is 0 Å². The van der Waals surface area contributed by atoms with Crippen molar-refractivity contribution in [1.29, 1.82) is 0 Å². The first kappa shape index (κ1) is 12.8. The van der Waals surface area contributed by atoms with Gasteiger partial charge in [0.1, 0.15) is 5.75 Å². The Morgan fingerprint density at radius 1 is 1.50 bits per heavy atom. The van der Waals surface area contributed by atoms with Crippen molar-refractivity contribution in [3.63, 3.8) is 0 Å². The fourth-order valence-corrected chi connectivity index (χ4v) is 1.42. The Balaban J connectivity index is 0.00000128. The molecule has 4 nitrogen and oxygen atoms in total. The first-order valence-electron chi connectivity index (χ1n) is 4.95. The Morgan fingerprint density at radius 2 is 2.25 bits per heavy atom. The number of nitrogens with one attached hydrogen (secondary N) is 2. The molecule has 0 aliphatic carbocycles. The standard InChI is InChI=1S/C11H14N2O2.ClH/c1-15-10-4-2-3-8(5-10)11(14)13-9-6-12-7-9;/h2-5,9,12H,6-7H2,1H3,(H,13,14);1H. The molecular formula is C11H15ClN2O2. The van der Waals surface area contributed by atoms with Crippen LogP contribution in [0.25, 0.3) is 0 Å². The van der Waals surface area contributed by atoms with E-state index in [1.165, 1.54) is 0 Å². The number of carbonyl (C=O) groups excluding carboxylic acids is 1. The highest BCUT2D eigenvalue weighted by atomic mass is 35.5. The summed E-state index contributed by atoms with van der Waals surface area (Å²) in [6.45, 7) is 1.71. The largest absolute Gasteiger partial charge is 0.497 e. The number of halogens is 1. The molecule has 1 aliphatic heterocycles. The van der Waals surface area contributed by atoms with Gasteiger partial charge in [-0.2, -0.15) is 0 Å². The van der Waals surface area contributed by atoms with E-state index in [0.717, 1.165) is 13.1 Å². The molecule has 1 aliphatic rings. The first-order valence-corrected chi connectivity index (χ1v) is 4.95. The molecule has 1 saturated heterocycles. The number of amides is 1. The second-order valence-corrected chi connectivity index (χ2v) is 3.56. The van der Waals surface area contributed by atoms with Gasteiger partial charge >= 0.3 is 0 Å². The Morgan fingerprint density at radius 3 is 2.81 bits per heavy atom. The van der Waals surface area contributed by atoms with E-state index in [9.17, 15) is 4.79 Å². The van der Waals surface area contributed by atoms with Crippen molar-refractivity contribution in [2.75, 3.05) is 20.2 Å². The maximum atomic E-state index is 11.7. The lowest BCUT2D eigenvalue weighted by Crippen LogP contribution is -2.56. The summed E-state index contributed by atoms with van der Waals surface area (Å²) in [5.41, 5.74) is 0.640. The van der Waals surface area contributed by atoms with Crippen LogP contribution in [0.5, 0.6) is 5.75 Å². The van der Waals surface area contributed by atoms with Crippen molar-refractivity contribution in [2.45, 2.75) is 6.04 Å². The molecule has 0 bridgehead atoms. The van der Waals surface area contributed by atoms with Gasteiger partial charge < -0.3 is 15.4 Å². The van der Waals surface area contributed by atoms with Gasteiger partial charge in [0.05, 0.1) is 13.2 Å². The van der Waals surface area contributed by atoms with Gasteiger partial charge in [-0.25, -0.2) is 0 Å². The molecule has 0 aromatic heterocycles. The third-order valence-electron chi connectivity index (χ3n) is 2.45. The number of carbonyl (C=O) groups is 1. The average Bonchev–Trinajstić information content (AvgIpc) is 2.23. The SMILES string of the molecule is COc1cccc(C(=O)NC2CNC2)c1.Cl. The summed E-state index contributed by atoms with van der Waals surface area (Å²) >= 11 is 0. The number of hydrogen-bond acceptors (Lipinski definition) is 3. The molecule has 2 N–H and O–H groups in total. The molecule has 2 rings (SSSR count). The molecule has 0 saturated carbocycles. The molecule has 1 fully saturated rings. The molecule has 1 aromatic carbocycles. The minimum atomic E-state index is -0.0413. The molecular weight excluding hydrogens is 228 g/mol. The third-order valence-corrected chi connectivity index (χ3v) is 2.45. The normalized spacial score (nSPS) is 14.6. The molecule has 0 unspecified atom stereocenters. The van der Waals surface area contributed by atoms with Crippen molar-refractivity contribution >= 4 is 18.3 Å². The minimum absolute atomic E-state index is 0. The van der Waals surface area contributed by atoms with Crippen LogP contribution in [0.3, 0.4) is 0 Å². The summed E-state index contributed by atoms with van der Waals surface area (Å²) in [6, 6.07) is 7.42. The Kier molecular flexibility index (Phi) is 4.58. The molecule has 5 heteroatoms. The summed E-state index contributed by atoms with van der Waals surface area (Å²) in [5, 5.41) is 6.03. The smallest absolute Gasteiger partial charge is 0.251 e. The van der Waals surface area contributed by atoms with E-state index in [4.69, 9.17) is 4.74 Å². The van der Waals surface area contributed by atoms with Gasteiger partial charge in [-0.05, 0) is 18.2 Å². The van der Waals surface area contributed by atoms with Crippen molar-refractivity contribution in [2.24, 2.45) is 0 Å². The summed E-state index contributed by atoms with van der Waals surface area (Å²) in [7, 11) is 1.59. The second-order valence-electron chi connectivity index (χ2n) is 3.56. The van der Waals surface area contributed by atoms with Crippen molar-refractivity contribution in [3.8, 4) is 5.75 Å². The van der Waals surface area contributed by atoms with Crippen LogP contribution in [0.4, 0.5) is 0 Å². The van der Waals surface area contributed by atoms with Crippen LogP contribution in [-0.4, -0.2) is 32.1 Å². The Hall–Kier alpha value is -1.26. The number of benzene rings is 1. The van der Waals surface area contributed by atoms with Crippen molar-refractivity contribution in [3.05, 3.63) is 29.8 Å². The highest BCUT2D eigenvalue weighted by Crippen LogP contribution is 2.12. The zero-order chi connectivity index (χ0) is 10.7. The maximum Gasteiger partial charge on any atom is 0.251 e. The minimum Gasteiger partial charge on any atom is -0.497 e. The van der Waals surface area contributed by atoms with Gasteiger partial charge in [0.25, 0.3) is 5.91 Å². The van der Waals surface area contributed by atoms with E-state index in [1.807, 2.05) is 12.1 Å². The third kappa shape index (κ3) is 2.87. The van der Waals surface area contributed by atoms with Gasteiger partial charge in [0, 0.05) is 18.7 Å². The zero-order valence-corrected chi connectivity index (χ0v) is 9.84. The summed E-state index contributed by atoms with van der Waals surface area (Å²) in [4.78, 5) is 11.7. The van der Waals surface area contributed by atoms with Gasteiger partial charge in [-0.3, -0.25) is 4.79 Å². The number of methoxy groups -OCH3 is 1. The van der Waals surface area contributed by atoms with Crippen LogP contribution in [-0.2, 0) is 0 Å². The lowest BCUT2D eigenvalue weighted by Gasteiger charge is -2.27. The topological polar surface area (TPSA) is 50.4 Å². The van der Waals surface area contributed by atoms with Crippen molar-refractivity contribution < 1.29 is 9.53 Å². The molecule has 1 aromatic rings. The summed E-state index contributed by atoms with van der Waals surface area (Å²) < 4.78 is 5.06. The van der Waals surface area contributed by atoms with Gasteiger partial charge in [-0.1, -0.05) is 6.07 Å². The maximum absolute atomic E-state index is 11.7. The van der Waals surface area contributed by atoms with E-state index in [2.05, 4.69) is 10.6 Å². The van der Waals surface area contributed by atoms with Gasteiger partial charge in [-0.15, -0.1) is 12.4 Å². The van der Waals surface area contributed by atoms with Crippen LogP contribution < -0.4 is 15.4 Å². The molecule has 0 radical (unpaired) electrons. The van der Waals surface area contributed by atoms with E-state index in [1.54, 1.807) is 19.2 Å². The van der Waals surface area contributed by atoms with Crippen LogP contribution >= 0.6 is 12.4 Å².